The molecule has 0 atom stereocenters. The third-order valence-electron chi connectivity index (χ3n) is 4.45. The first-order chi connectivity index (χ1) is 13.1. The van der Waals surface area contributed by atoms with Gasteiger partial charge in [-0.15, -0.1) is 5.06 Å². The lowest BCUT2D eigenvalue weighted by Gasteiger charge is -2.15. The molecule has 4 rings (SSSR count). The van der Waals surface area contributed by atoms with Gasteiger partial charge in [0.15, 0.2) is 0 Å². The van der Waals surface area contributed by atoms with Gasteiger partial charge in [0.2, 0.25) is 0 Å². The van der Waals surface area contributed by atoms with Crippen LogP contribution < -0.4 is 0 Å². The van der Waals surface area contributed by atoms with Crippen LogP contribution >= 0.6 is 0 Å². The summed E-state index contributed by atoms with van der Waals surface area (Å²) in [7, 11) is 0. The number of fused-ring (bicyclic) bond motifs is 1. The van der Waals surface area contributed by atoms with E-state index in [0.29, 0.717) is 10.6 Å². The standard InChI is InChI=1S/C21H16N2O4/c24-18-10-11-19(25)23(18)27-20(26)12-15-13-22-17-9-5-4-8-16(17)21(15)14-6-2-1-3-7-14/h1-9,13H,10-12H2. The summed E-state index contributed by atoms with van der Waals surface area (Å²) in [5.41, 5.74) is 3.33. The molecule has 0 bridgehead atoms. The van der Waals surface area contributed by atoms with Gasteiger partial charge in [-0.1, -0.05) is 48.5 Å². The van der Waals surface area contributed by atoms with Gasteiger partial charge in [0.1, 0.15) is 0 Å². The number of nitrogens with zero attached hydrogens (tertiary/aromatic N) is 2. The molecule has 0 saturated carbocycles. The Morgan fingerprint density at radius 2 is 1.63 bits per heavy atom. The van der Waals surface area contributed by atoms with Crippen LogP contribution in [0.15, 0.2) is 60.8 Å². The van der Waals surface area contributed by atoms with Crippen LogP contribution in [0.1, 0.15) is 18.4 Å². The van der Waals surface area contributed by atoms with E-state index in [1.54, 1.807) is 6.20 Å². The van der Waals surface area contributed by atoms with Crippen molar-refractivity contribution >= 4 is 28.7 Å². The quantitative estimate of drug-likeness (QED) is 0.669. The van der Waals surface area contributed by atoms with Crippen LogP contribution in [0.3, 0.4) is 0 Å². The molecule has 0 unspecified atom stereocenters. The van der Waals surface area contributed by atoms with Gasteiger partial charge in [0.05, 0.1) is 11.9 Å². The van der Waals surface area contributed by atoms with Gasteiger partial charge in [-0.05, 0) is 22.8 Å². The highest BCUT2D eigenvalue weighted by molar-refractivity contribution is 6.02. The highest BCUT2D eigenvalue weighted by Gasteiger charge is 2.33. The average molecular weight is 360 g/mol. The Kier molecular flexibility index (Phi) is 4.38. The Labute approximate surface area is 155 Å². The topological polar surface area (TPSA) is 76.6 Å². The summed E-state index contributed by atoms with van der Waals surface area (Å²) >= 11 is 0. The molecule has 0 N–H and O–H groups in total. The minimum Gasteiger partial charge on any atom is -0.330 e. The van der Waals surface area contributed by atoms with Gasteiger partial charge in [-0.25, -0.2) is 4.79 Å². The van der Waals surface area contributed by atoms with Crippen LogP contribution in [0.4, 0.5) is 0 Å². The number of amides is 2. The monoisotopic (exact) mass is 360 g/mol. The van der Waals surface area contributed by atoms with Gasteiger partial charge in [-0.3, -0.25) is 14.6 Å². The molecule has 2 amide bonds. The molecular formula is C21H16N2O4. The van der Waals surface area contributed by atoms with Crippen LogP contribution in [0.2, 0.25) is 0 Å². The van der Waals surface area contributed by atoms with Gasteiger partial charge < -0.3 is 4.84 Å². The number of imide groups is 1. The number of carbonyl (C=O) groups excluding carboxylic acids is 3. The Bertz CT molecular complexity index is 1030. The highest BCUT2D eigenvalue weighted by atomic mass is 16.7. The first-order valence-electron chi connectivity index (χ1n) is 8.62. The second kappa shape index (κ2) is 6.99. The van der Waals surface area contributed by atoms with Gasteiger partial charge in [0, 0.05) is 24.4 Å². The molecule has 1 saturated heterocycles. The molecule has 27 heavy (non-hydrogen) atoms. The highest BCUT2D eigenvalue weighted by Crippen LogP contribution is 2.31. The van der Waals surface area contributed by atoms with Crippen LogP contribution in [0, 0.1) is 0 Å². The van der Waals surface area contributed by atoms with Gasteiger partial charge >= 0.3 is 5.97 Å². The maximum Gasteiger partial charge on any atom is 0.337 e. The summed E-state index contributed by atoms with van der Waals surface area (Å²) in [6.07, 6.45) is 1.68. The van der Waals surface area contributed by atoms with E-state index in [2.05, 4.69) is 4.98 Å². The van der Waals surface area contributed by atoms with E-state index in [1.807, 2.05) is 54.6 Å². The van der Waals surface area contributed by atoms with E-state index in [1.165, 1.54) is 0 Å². The van der Waals surface area contributed by atoms with Crippen molar-refractivity contribution in [2.45, 2.75) is 19.3 Å². The zero-order valence-corrected chi connectivity index (χ0v) is 14.4. The zero-order valence-electron chi connectivity index (χ0n) is 14.4. The molecule has 1 aliphatic heterocycles. The Morgan fingerprint density at radius 1 is 0.963 bits per heavy atom. The molecule has 6 nitrogen and oxygen atoms in total. The molecular weight excluding hydrogens is 344 g/mol. The van der Waals surface area contributed by atoms with E-state index >= 15 is 0 Å². The van der Waals surface area contributed by atoms with Crippen molar-refractivity contribution in [1.82, 2.24) is 10.0 Å². The molecule has 1 aliphatic rings. The summed E-state index contributed by atoms with van der Waals surface area (Å²) in [5.74, 6) is -1.66. The lowest BCUT2D eigenvalue weighted by molar-refractivity contribution is -0.197. The van der Waals surface area contributed by atoms with Gasteiger partial charge in [-0.2, -0.15) is 0 Å². The number of carbonyl (C=O) groups is 3. The van der Waals surface area contributed by atoms with E-state index in [9.17, 15) is 14.4 Å². The summed E-state index contributed by atoms with van der Waals surface area (Å²) in [6.45, 7) is 0. The van der Waals surface area contributed by atoms with Crippen molar-refractivity contribution in [3.8, 4) is 11.1 Å². The maximum atomic E-state index is 12.4. The molecule has 0 aliphatic carbocycles. The van der Waals surface area contributed by atoms with Crippen LogP contribution in [0.25, 0.3) is 22.0 Å². The van der Waals surface area contributed by atoms with E-state index in [0.717, 1.165) is 22.0 Å². The normalized spacial score (nSPS) is 14.0. The second-order valence-corrected chi connectivity index (χ2v) is 6.26. The summed E-state index contributed by atoms with van der Waals surface area (Å²) in [5, 5.41) is 1.49. The van der Waals surface area contributed by atoms with Crippen LogP contribution in [-0.2, 0) is 25.6 Å². The van der Waals surface area contributed by atoms with E-state index < -0.39 is 17.8 Å². The van der Waals surface area contributed by atoms with Crippen LogP contribution in [-0.4, -0.2) is 27.8 Å². The summed E-state index contributed by atoms with van der Waals surface area (Å²) in [4.78, 5) is 45.1. The van der Waals surface area contributed by atoms with Crippen molar-refractivity contribution in [3.63, 3.8) is 0 Å². The van der Waals surface area contributed by atoms with Crippen molar-refractivity contribution in [1.29, 1.82) is 0 Å². The molecule has 1 aromatic heterocycles. The minimum absolute atomic E-state index is 0.0684. The molecule has 0 radical (unpaired) electrons. The third-order valence-corrected chi connectivity index (χ3v) is 4.45. The van der Waals surface area contributed by atoms with Crippen LogP contribution in [0.5, 0.6) is 0 Å². The number of hydrogen-bond donors (Lipinski definition) is 0. The lowest BCUT2D eigenvalue weighted by Crippen LogP contribution is -2.32. The predicted molar refractivity (Wildman–Crippen MR) is 98.1 cm³/mol. The second-order valence-electron chi connectivity index (χ2n) is 6.26. The smallest absolute Gasteiger partial charge is 0.330 e. The largest absolute Gasteiger partial charge is 0.337 e. The molecule has 2 heterocycles. The number of aromatic nitrogens is 1. The van der Waals surface area contributed by atoms with Crippen molar-refractivity contribution in [2.75, 3.05) is 0 Å². The zero-order chi connectivity index (χ0) is 18.8. The third kappa shape index (κ3) is 3.29. The Morgan fingerprint density at radius 3 is 2.37 bits per heavy atom. The Hall–Kier alpha value is -3.54. The van der Waals surface area contributed by atoms with E-state index in [4.69, 9.17) is 4.84 Å². The molecule has 134 valence electrons. The maximum absolute atomic E-state index is 12.4. The number of benzene rings is 2. The molecule has 2 aromatic carbocycles. The minimum atomic E-state index is -0.673. The fourth-order valence-corrected chi connectivity index (χ4v) is 3.21. The van der Waals surface area contributed by atoms with Crippen molar-refractivity contribution < 1.29 is 19.2 Å². The Balaban J connectivity index is 1.70. The SMILES string of the molecule is O=C(Cc1cnc2ccccc2c1-c1ccccc1)ON1C(=O)CCC1=O. The summed E-state index contributed by atoms with van der Waals surface area (Å²) in [6, 6.07) is 17.4. The predicted octanol–water partition coefficient (Wildman–Crippen LogP) is 3.05. The molecule has 0 spiro atoms. The molecule has 6 heteroatoms. The lowest BCUT2D eigenvalue weighted by atomic mass is 9.95. The number of hydrogen-bond acceptors (Lipinski definition) is 5. The van der Waals surface area contributed by atoms with Crippen molar-refractivity contribution in [2.24, 2.45) is 0 Å². The first kappa shape index (κ1) is 16.9. The number of para-hydroxylation sites is 1. The fourth-order valence-electron chi connectivity index (χ4n) is 3.21. The van der Waals surface area contributed by atoms with Crippen molar-refractivity contribution in [3.05, 3.63) is 66.4 Å². The fraction of sp³-hybridized carbons (Fsp3) is 0.143. The number of hydroxylamine groups is 2. The number of pyridine rings is 1. The number of rotatable bonds is 4. The molecule has 1 fully saturated rings. The first-order valence-corrected chi connectivity index (χ1v) is 8.62. The molecule has 3 aromatic rings. The average Bonchev–Trinajstić information content (AvgIpc) is 3.00. The summed E-state index contributed by atoms with van der Waals surface area (Å²) < 4.78 is 0. The van der Waals surface area contributed by atoms with Gasteiger partial charge in [0.25, 0.3) is 11.8 Å². The van der Waals surface area contributed by atoms with E-state index in [-0.39, 0.29) is 19.3 Å².